The number of hydrogen-bond donors (Lipinski definition) is 3. The Labute approximate surface area is 392 Å². The average Bonchev–Trinajstić information content (AvgIpc) is 4.07. The molecule has 14 nitrogen and oxygen atoms in total. The van der Waals surface area contributed by atoms with Crippen LogP contribution in [-0.2, 0) is 19.1 Å². The number of aryl methyl sites for hydroxylation is 3. The molecule has 3 amide bonds. The summed E-state index contributed by atoms with van der Waals surface area (Å²) >= 11 is 3.21. The van der Waals surface area contributed by atoms with Crippen molar-refractivity contribution < 1.29 is 29.0 Å². The molecular formula is C50H54N8O6S2. The minimum atomic E-state index is -1.01. The number of aromatic nitrogens is 4. The van der Waals surface area contributed by atoms with Gasteiger partial charge in [-0.15, -0.1) is 32.9 Å². The van der Waals surface area contributed by atoms with Crippen LogP contribution in [0.25, 0.3) is 26.6 Å². The number of aliphatic hydroxyl groups is 1. The zero-order valence-corrected chi connectivity index (χ0v) is 40.1. The van der Waals surface area contributed by atoms with Crippen molar-refractivity contribution in [2.75, 3.05) is 13.7 Å². The predicted molar refractivity (Wildman–Crippen MR) is 256 cm³/mol. The fourth-order valence-electron chi connectivity index (χ4n) is 8.66. The van der Waals surface area contributed by atoms with Crippen LogP contribution in [-0.4, -0.2) is 91.0 Å². The average molecular weight is 927 g/mol. The smallest absolute Gasteiger partial charge is 0.308 e. The maximum absolute atomic E-state index is 14.5. The Kier molecular flexibility index (Phi) is 12.9. The molecule has 66 heavy (non-hydrogen) atoms. The van der Waals surface area contributed by atoms with Crippen molar-refractivity contribution >= 4 is 52.1 Å². The van der Waals surface area contributed by atoms with Gasteiger partial charge in [-0.05, 0) is 80.0 Å². The van der Waals surface area contributed by atoms with E-state index in [0.717, 1.165) is 65.1 Å². The molecule has 3 N–H and O–H groups in total. The lowest BCUT2D eigenvalue weighted by Gasteiger charge is -2.35. The van der Waals surface area contributed by atoms with E-state index in [1.165, 1.54) is 12.0 Å². The molecule has 1 fully saturated rings. The highest BCUT2D eigenvalue weighted by atomic mass is 32.1. The Morgan fingerprint density at radius 1 is 0.909 bits per heavy atom. The monoisotopic (exact) mass is 926 g/mol. The normalized spacial score (nSPS) is 17.8. The molecular weight excluding hydrogens is 873 g/mol. The Balaban J connectivity index is 0.994. The van der Waals surface area contributed by atoms with Crippen LogP contribution in [0.1, 0.15) is 107 Å². The summed E-state index contributed by atoms with van der Waals surface area (Å²) in [4.78, 5) is 68.1. The van der Waals surface area contributed by atoms with Gasteiger partial charge in [0.1, 0.15) is 29.0 Å². The van der Waals surface area contributed by atoms with Gasteiger partial charge in [0.15, 0.2) is 5.82 Å². The number of ether oxygens (including phenoxy) is 1. The van der Waals surface area contributed by atoms with Crippen LogP contribution in [0, 0.1) is 33.1 Å². The molecule has 0 aliphatic carbocycles. The Hall–Kier alpha value is -6.36. The van der Waals surface area contributed by atoms with E-state index in [4.69, 9.17) is 9.73 Å². The second-order valence-electron chi connectivity index (χ2n) is 18.1. The van der Waals surface area contributed by atoms with E-state index in [2.05, 4.69) is 39.7 Å². The molecule has 5 heterocycles. The number of thiazole rings is 1. The van der Waals surface area contributed by atoms with Gasteiger partial charge in [-0.1, -0.05) is 81.4 Å². The standard InChI is InChI=1S/C50H54N8O6S2/c1-26-29(4)66-49-41(26)42(53-38(23-40(60)64-9)45-56-55-30(5)58(45)49)33-17-15-32(16-18-33)35-11-10-12-36(21-35)46(61)54-44(50(6,7)8)48(63)57-24-37(59)22-39(57)47(62)52-27(2)31-13-19-34(20-14-31)43-28(3)51-25-65-43/h10-21,25,27,37-39,44,59H,22-24H2,1-9H3,(H,52,62)(H,54,61)/t27-,37+,38-,39-,44?/m0/s1. The number of likely N-dealkylation sites (tertiary alicyclic amines) is 1. The molecule has 0 spiro atoms. The number of hydrogen-bond acceptors (Lipinski definition) is 12. The number of β-amino-alcohol motifs (C(OH)–C–C–N with tert-alkyl or cyclic N) is 1. The van der Waals surface area contributed by atoms with E-state index < -0.39 is 47.4 Å². The van der Waals surface area contributed by atoms with Crippen molar-refractivity contribution in [2.24, 2.45) is 10.4 Å². The number of carbonyl (C=O) groups is 4. The highest BCUT2D eigenvalue weighted by molar-refractivity contribution is 7.15. The maximum atomic E-state index is 14.5. The summed E-state index contributed by atoms with van der Waals surface area (Å²) in [7, 11) is 1.36. The number of fused-ring (bicyclic) bond motifs is 3. The number of methoxy groups -OCH3 is 1. The van der Waals surface area contributed by atoms with E-state index in [-0.39, 0.29) is 31.3 Å². The summed E-state index contributed by atoms with van der Waals surface area (Å²) in [5.41, 5.74) is 9.57. The van der Waals surface area contributed by atoms with Crippen LogP contribution in [0.3, 0.4) is 0 Å². The lowest BCUT2D eigenvalue weighted by molar-refractivity contribution is -0.142. The van der Waals surface area contributed by atoms with Gasteiger partial charge in [0, 0.05) is 34.5 Å². The van der Waals surface area contributed by atoms with Crippen molar-refractivity contribution in [3.8, 4) is 26.6 Å². The lowest BCUT2D eigenvalue weighted by Crippen LogP contribution is -2.57. The van der Waals surface area contributed by atoms with Crippen molar-refractivity contribution in [3.63, 3.8) is 0 Å². The van der Waals surface area contributed by atoms with Crippen LogP contribution in [0.2, 0.25) is 0 Å². The van der Waals surface area contributed by atoms with Gasteiger partial charge in [-0.25, -0.2) is 4.98 Å². The second kappa shape index (κ2) is 18.5. The number of carbonyl (C=O) groups excluding carboxylic acids is 4. The number of amides is 3. The van der Waals surface area contributed by atoms with Crippen LogP contribution >= 0.6 is 22.7 Å². The Bertz CT molecular complexity index is 2860. The second-order valence-corrected chi connectivity index (χ2v) is 20.2. The number of nitrogens with one attached hydrogen (secondary N) is 2. The molecule has 16 heteroatoms. The molecule has 5 atom stereocenters. The number of benzene rings is 3. The first-order chi connectivity index (χ1) is 31.4. The van der Waals surface area contributed by atoms with Gasteiger partial charge in [-0.2, -0.15) is 0 Å². The van der Waals surface area contributed by atoms with E-state index in [1.807, 2.05) is 106 Å². The number of thiophene rings is 1. The molecule has 0 radical (unpaired) electrons. The van der Waals surface area contributed by atoms with E-state index in [1.54, 1.807) is 40.9 Å². The Morgan fingerprint density at radius 2 is 1.61 bits per heavy atom. The summed E-state index contributed by atoms with van der Waals surface area (Å²) < 4.78 is 7.03. The maximum Gasteiger partial charge on any atom is 0.308 e. The highest BCUT2D eigenvalue weighted by Crippen LogP contribution is 2.40. The first kappa shape index (κ1) is 46.2. The van der Waals surface area contributed by atoms with Gasteiger partial charge >= 0.3 is 5.97 Å². The third-order valence-corrected chi connectivity index (χ3v) is 14.6. The van der Waals surface area contributed by atoms with E-state index >= 15 is 0 Å². The summed E-state index contributed by atoms with van der Waals surface area (Å²) in [6, 6.07) is 20.1. The quantitative estimate of drug-likeness (QED) is 0.109. The summed E-state index contributed by atoms with van der Waals surface area (Å²) in [5.74, 6) is -0.397. The summed E-state index contributed by atoms with van der Waals surface area (Å²) in [6.45, 7) is 15.4. The number of aliphatic hydroxyl groups excluding tert-OH is 1. The SMILES string of the molecule is COC(=O)C[C@@H]1N=C(c2ccc(-c3cccc(C(=O)NC(C(=O)N4C[C@H](O)C[C@H]4C(=O)N[C@@H](C)c4ccc(-c5scnc5C)cc4)C(C)(C)C)c3)cc2)c2c(sc(C)c2C)-n2c(C)nnc21. The first-order valence-electron chi connectivity index (χ1n) is 21.9. The highest BCUT2D eigenvalue weighted by Gasteiger charge is 2.45. The molecule has 0 saturated carbocycles. The molecule has 1 unspecified atom stereocenters. The van der Waals surface area contributed by atoms with Crippen LogP contribution in [0.15, 0.2) is 83.3 Å². The number of nitrogens with zero attached hydrogens (tertiary/aromatic N) is 6. The molecule has 2 aliphatic heterocycles. The van der Waals surface area contributed by atoms with Gasteiger partial charge < -0.3 is 25.4 Å². The first-order valence-corrected chi connectivity index (χ1v) is 23.6. The van der Waals surface area contributed by atoms with Crippen molar-refractivity contribution in [3.05, 3.63) is 128 Å². The number of esters is 1. The number of rotatable bonds is 11. The summed E-state index contributed by atoms with van der Waals surface area (Å²) in [6.07, 6.45) is -0.820. The molecule has 6 aromatic rings. The van der Waals surface area contributed by atoms with Crippen molar-refractivity contribution in [2.45, 2.75) is 98.5 Å². The Morgan fingerprint density at radius 3 is 2.27 bits per heavy atom. The zero-order valence-electron chi connectivity index (χ0n) is 38.5. The van der Waals surface area contributed by atoms with Crippen molar-refractivity contribution in [1.29, 1.82) is 0 Å². The molecule has 0 bridgehead atoms. The molecule has 2 aliphatic rings. The zero-order chi connectivity index (χ0) is 47.2. The third-order valence-electron chi connectivity index (χ3n) is 12.5. The van der Waals surface area contributed by atoms with Gasteiger partial charge in [0.25, 0.3) is 5.91 Å². The van der Waals surface area contributed by atoms with Gasteiger partial charge in [0.2, 0.25) is 11.8 Å². The fraction of sp³-hybridized carbons (Fsp3) is 0.360. The molecule has 342 valence electrons. The largest absolute Gasteiger partial charge is 0.469 e. The lowest BCUT2D eigenvalue weighted by atomic mass is 9.85. The minimum absolute atomic E-state index is 0.000243. The van der Waals surface area contributed by atoms with Crippen molar-refractivity contribution in [1.82, 2.24) is 35.3 Å². The van der Waals surface area contributed by atoms with Gasteiger partial charge in [0.05, 0.1) is 47.5 Å². The van der Waals surface area contributed by atoms with E-state index in [9.17, 15) is 24.3 Å². The third kappa shape index (κ3) is 9.09. The number of aliphatic imine (C=N–C) groups is 1. The van der Waals surface area contributed by atoms with Crippen LogP contribution < -0.4 is 10.6 Å². The molecule has 3 aromatic carbocycles. The predicted octanol–water partition coefficient (Wildman–Crippen LogP) is 7.79. The van der Waals surface area contributed by atoms with Crippen LogP contribution in [0.5, 0.6) is 0 Å². The molecule has 1 saturated heterocycles. The fourth-order valence-corrected chi connectivity index (χ4v) is 10.7. The van der Waals surface area contributed by atoms with Gasteiger partial charge in [-0.3, -0.25) is 28.7 Å². The molecule has 3 aromatic heterocycles. The minimum Gasteiger partial charge on any atom is -0.469 e. The topological polar surface area (TPSA) is 181 Å². The van der Waals surface area contributed by atoms with Crippen LogP contribution in [0.4, 0.5) is 0 Å². The van der Waals surface area contributed by atoms with E-state index in [0.29, 0.717) is 17.2 Å². The molecule has 8 rings (SSSR count). The summed E-state index contributed by atoms with van der Waals surface area (Å²) in [5, 5.41) is 26.6.